The molecule has 1 unspecified atom stereocenters. The van der Waals surface area contributed by atoms with Crippen LogP contribution in [-0.4, -0.2) is 13.1 Å². The molecule has 4 heteroatoms. The van der Waals surface area contributed by atoms with E-state index in [4.69, 9.17) is 21.1 Å². The maximum absolute atomic E-state index is 12.1. The first-order chi connectivity index (χ1) is 10.1. The molecule has 0 spiro atoms. The Morgan fingerprint density at radius 2 is 1.71 bits per heavy atom. The molecular weight excluding hydrogens is 288 g/mol. The average molecular weight is 305 g/mol. The molecule has 2 aromatic rings. The standard InChI is InChI=1S/C17H17ClO3/c1-12(14-5-9-16(20-2)10-6-14)17(19)21-11-13-3-7-15(18)8-4-13/h3-10,12H,11H2,1-2H3. The van der Waals surface area contributed by atoms with Crippen LogP contribution in [-0.2, 0) is 16.1 Å². The van der Waals surface area contributed by atoms with Gasteiger partial charge in [-0.05, 0) is 42.3 Å². The molecule has 0 radical (unpaired) electrons. The SMILES string of the molecule is COc1ccc(C(C)C(=O)OCc2ccc(Cl)cc2)cc1. The summed E-state index contributed by atoms with van der Waals surface area (Å²) in [6.45, 7) is 2.07. The summed E-state index contributed by atoms with van der Waals surface area (Å²) in [7, 11) is 1.61. The highest BCUT2D eigenvalue weighted by Gasteiger charge is 2.16. The van der Waals surface area contributed by atoms with Gasteiger partial charge in [0.2, 0.25) is 0 Å². The number of carbonyl (C=O) groups excluding carboxylic acids is 1. The third-order valence-corrected chi connectivity index (χ3v) is 3.52. The number of ether oxygens (including phenoxy) is 2. The lowest BCUT2D eigenvalue weighted by Crippen LogP contribution is -2.13. The van der Waals surface area contributed by atoms with Gasteiger partial charge in [-0.25, -0.2) is 0 Å². The number of halogens is 1. The fourth-order valence-electron chi connectivity index (χ4n) is 1.89. The second-order valence-electron chi connectivity index (χ2n) is 4.73. The van der Waals surface area contributed by atoms with E-state index in [0.717, 1.165) is 16.9 Å². The highest BCUT2D eigenvalue weighted by molar-refractivity contribution is 6.30. The zero-order valence-electron chi connectivity index (χ0n) is 12.0. The molecule has 0 aliphatic carbocycles. The largest absolute Gasteiger partial charge is 0.497 e. The van der Waals surface area contributed by atoms with Gasteiger partial charge in [0.1, 0.15) is 12.4 Å². The monoisotopic (exact) mass is 304 g/mol. The van der Waals surface area contributed by atoms with Crippen molar-refractivity contribution in [1.82, 2.24) is 0 Å². The Hall–Kier alpha value is -2.00. The van der Waals surface area contributed by atoms with E-state index in [1.807, 2.05) is 43.3 Å². The summed E-state index contributed by atoms with van der Waals surface area (Å²) in [6, 6.07) is 14.6. The van der Waals surface area contributed by atoms with Gasteiger partial charge in [0.05, 0.1) is 13.0 Å². The van der Waals surface area contributed by atoms with Crippen LogP contribution >= 0.6 is 11.6 Å². The Bertz CT molecular complexity index is 590. The summed E-state index contributed by atoms with van der Waals surface area (Å²) in [4.78, 5) is 12.1. The normalized spacial score (nSPS) is 11.8. The van der Waals surface area contributed by atoms with E-state index in [-0.39, 0.29) is 18.5 Å². The smallest absolute Gasteiger partial charge is 0.313 e. The second-order valence-corrected chi connectivity index (χ2v) is 5.17. The maximum Gasteiger partial charge on any atom is 0.313 e. The predicted molar refractivity (Wildman–Crippen MR) is 82.7 cm³/mol. The fourth-order valence-corrected chi connectivity index (χ4v) is 2.01. The summed E-state index contributed by atoms with van der Waals surface area (Å²) < 4.78 is 10.4. The van der Waals surface area contributed by atoms with E-state index in [1.165, 1.54) is 0 Å². The number of benzene rings is 2. The van der Waals surface area contributed by atoms with Crippen LogP contribution in [0.15, 0.2) is 48.5 Å². The van der Waals surface area contributed by atoms with Gasteiger partial charge in [0.15, 0.2) is 0 Å². The molecule has 0 N–H and O–H groups in total. The fraction of sp³-hybridized carbons (Fsp3) is 0.235. The van der Waals surface area contributed by atoms with Gasteiger partial charge in [-0.1, -0.05) is 35.9 Å². The Labute approximate surface area is 129 Å². The van der Waals surface area contributed by atoms with E-state index in [0.29, 0.717) is 5.02 Å². The molecule has 0 aliphatic rings. The highest BCUT2D eigenvalue weighted by Crippen LogP contribution is 2.21. The molecule has 21 heavy (non-hydrogen) atoms. The second kappa shape index (κ2) is 7.14. The molecule has 0 heterocycles. The van der Waals surface area contributed by atoms with Crippen LogP contribution < -0.4 is 4.74 Å². The Kier molecular flexibility index (Phi) is 5.23. The quantitative estimate of drug-likeness (QED) is 0.777. The van der Waals surface area contributed by atoms with E-state index in [1.54, 1.807) is 19.2 Å². The number of hydrogen-bond donors (Lipinski definition) is 0. The molecule has 2 rings (SSSR count). The molecule has 0 amide bonds. The van der Waals surface area contributed by atoms with Crippen molar-refractivity contribution < 1.29 is 14.3 Å². The summed E-state index contributed by atoms with van der Waals surface area (Å²) in [5.41, 5.74) is 1.81. The summed E-state index contributed by atoms with van der Waals surface area (Å²) >= 11 is 5.81. The van der Waals surface area contributed by atoms with Gasteiger partial charge in [-0.2, -0.15) is 0 Å². The van der Waals surface area contributed by atoms with Crippen molar-refractivity contribution in [3.8, 4) is 5.75 Å². The highest BCUT2D eigenvalue weighted by atomic mass is 35.5. The van der Waals surface area contributed by atoms with Crippen LogP contribution in [0.5, 0.6) is 5.75 Å². The van der Waals surface area contributed by atoms with Crippen molar-refractivity contribution in [3.05, 3.63) is 64.7 Å². The third-order valence-electron chi connectivity index (χ3n) is 3.26. The molecule has 0 aliphatic heterocycles. The van der Waals surface area contributed by atoms with Crippen molar-refractivity contribution in [2.75, 3.05) is 7.11 Å². The Balaban J connectivity index is 1.93. The van der Waals surface area contributed by atoms with Crippen LogP contribution in [0, 0.1) is 0 Å². The molecular formula is C17H17ClO3. The topological polar surface area (TPSA) is 35.5 Å². The van der Waals surface area contributed by atoms with Crippen LogP contribution in [0.4, 0.5) is 0 Å². The van der Waals surface area contributed by atoms with Crippen LogP contribution in [0.2, 0.25) is 5.02 Å². The molecule has 0 bridgehead atoms. The van der Waals surface area contributed by atoms with Crippen molar-refractivity contribution in [1.29, 1.82) is 0 Å². The number of carbonyl (C=O) groups is 1. The van der Waals surface area contributed by atoms with Crippen LogP contribution in [0.3, 0.4) is 0 Å². The molecule has 3 nitrogen and oxygen atoms in total. The molecule has 2 aromatic carbocycles. The van der Waals surface area contributed by atoms with Gasteiger partial charge in [-0.15, -0.1) is 0 Å². The Morgan fingerprint density at radius 1 is 1.10 bits per heavy atom. The van der Waals surface area contributed by atoms with Crippen molar-refractivity contribution in [2.24, 2.45) is 0 Å². The molecule has 0 saturated carbocycles. The lowest BCUT2D eigenvalue weighted by molar-refractivity contribution is -0.146. The zero-order chi connectivity index (χ0) is 15.2. The minimum absolute atomic E-state index is 0.247. The average Bonchev–Trinajstić information content (AvgIpc) is 2.53. The minimum atomic E-state index is -0.316. The molecule has 0 fully saturated rings. The minimum Gasteiger partial charge on any atom is -0.497 e. The predicted octanol–water partition coefficient (Wildman–Crippen LogP) is 4.20. The first kappa shape index (κ1) is 15.4. The van der Waals surface area contributed by atoms with Gasteiger partial charge >= 0.3 is 5.97 Å². The lowest BCUT2D eigenvalue weighted by Gasteiger charge is -2.12. The van der Waals surface area contributed by atoms with E-state index in [2.05, 4.69) is 0 Å². The zero-order valence-corrected chi connectivity index (χ0v) is 12.8. The van der Waals surface area contributed by atoms with Gasteiger partial charge in [0.25, 0.3) is 0 Å². The van der Waals surface area contributed by atoms with Gasteiger partial charge < -0.3 is 9.47 Å². The molecule has 0 saturated heterocycles. The van der Waals surface area contributed by atoms with Crippen molar-refractivity contribution >= 4 is 17.6 Å². The lowest BCUT2D eigenvalue weighted by atomic mass is 10.0. The van der Waals surface area contributed by atoms with E-state index in [9.17, 15) is 4.79 Å². The Morgan fingerprint density at radius 3 is 2.29 bits per heavy atom. The van der Waals surface area contributed by atoms with Crippen molar-refractivity contribution in [2.45, 2.75) is 19.4 Å². The number of methoxy groups -OCH3 is 1. The van der Waals surface area contributed by atoms with E-state index >= 15 is 0 Å². The van der Waals surface area contributed by atoms with Crippen LogP contribution in [0.25, 0.3) is 0 Å². The number of esters is 1. The summed E-state index contributed by atoms with van der Waals surface area (Å²) in [5.74, 6) is 0.193. The summed E-state index contributed by atoms with van der Waals surface area (Å²) in [5, 5.41) is 0.664. The molecule has 0 aromatic heterocycles. The third kappa shape index (κ3) is 4.23. The maximum atomic E-state index is 12.1. The summed E-state index contributed by atoms with van der Waals surface area (Å²) in [6.07, 6.45) is 0. The first-order valence-electron chi connectivity index (χ1n) is 6.65. The van der Waals surface area contributed by atoms with Crippen molar-refractivity contribution in [3.63, 3.8) is 0 Å². The van der Waals surface area contributed by atoms with Gasteiger partial charge in [0, 0.05) is 5.02 Å². The van der Waals surface area contributed by atoms with E-state index < -0.39 is 0 Å². The molecule has 1 atom stereocenters. The van der Waals surface area contributed by atoms with Gasteiger partial charge in [-0.3, -0.25) is 4.79 Å². The first-order valence-corrected chi connectivity index (χ1v) is 7.03. The van der Waals surface area contributed by atoms with Crippen LogP contribution in [0.1, 0.15) is 24.0 Å². The number of rotatable bonds is 5. The molecule has 110 valence electrons. The number of hydrogen-bond acceptors (Lipinski definition) is 3.